The number of guanidine groups is 1. The highest BCUT2D eigenvalue weighted by Gasteiger charge is 2.43. The molecule has 2 N–H and O–H groups in total. The van der Waals surface area contributed by atoms with Gasteiger partial charge in [0.2, 0.25) is 0 Å². The Morgan fingerprint density at radius 3 is 2.55 bits per heavy atom. The third kappa shape index (κ3) is 4.72. The normalized spacial score (nSPS) is 27.0. The zero-order chi connectivity index (χ0) is 16.2. The molecule has 0 bridgehead atoms. The Labute approximate surface area is 128 Å². The molecule has 0 aromatic rings. The molecule has 0 radical (unpaired) electrons. The standard InChI is InChI=1S/C13H23F3N4O2/c1-10-9-20(4-7-22-10)12(17)18-8-11(13(14,15)16)19-2-5-21-6-3-19/h10-11H,2-9H2,1H3,(H2,17,18). The number of halogens is 3. The fourth-order valence-electron chi connectivity index (χ4n) is 2.62. The van der Waals surface area contributed by atoms with Crippen LogP contribution >= 0.6 is 0 Å². The van der Waals surface area contributed by atoms with Crippen LogP contribution in [-0.2, 0) is 9.47 Å². The summed E-state index contributed by atoms with van der Waals surface area (Å²) < 4.78 is 50.2. The molecule has 2 aliphatic heterocycles. The van der Waals surface area contributed by atoms with E-state index in [4.69, 9.17) is 15.2 Å². The van der Waals surface area contributed by atoms with Gasteiger partial charge in [0.25, 0.3) is 0 Å². The SMILES string of the molecule is CC1CN(C(N)=NCC(N2CCOCC2)C(F)(F)F)CCO1. The quantitative estimate of drug-likeness (QED) is 0.597. The van der Waals surface area contributed by atoms with Gasteiger partial charge in [-0.3, -0.25) is 9.89 Å². The zero-order valence-corrected chi connectivity index (χ0v) is 12.7. The van der Waals surface area contributed by atoms with Gasteiger partial charge in [-0.25, -0.2) is 0 Å². The molecule has 2 saturated heterocycles. The molecule has 2 atom stereocenters. The van der Waals surface area contributed by atoms with Gasteiger partial charge >= 0.3 is 6.18 Å². The van der Waals surface area contributed by atoms with Gasteiger partial charge in [0.1, 0.15) is 6.04 Å². The third-order valence-electron chi connectivity index (χ3n) is 3.86. The van der Waals surface area contributed by atoms with E-state index in [1.54, 1.807) is 4.90 Å². The maximum Gasteiger partial charge on any atom is 0.405 e. The Kier molecular flexibility index (Phi) is 5.87. The van der Waals surface area contributed by atoms with E-state index >= 15 is 0 Å². The van der Waals surface area contributed by atoms with Crippen LogP contribution in [0, 0.1) is 0 Å². The number of ether oxygens (including phenoxy) is 2. The summed E-state index contributed by atoms with van der Waals surface area (Å²) in [5, 5.41) is 0. The number of hydrogen-bond donors (Lipinski definition) is 1. The van der Waals surface area contributed by atoms with Crippen LogP contribution in [0.5, 0.6) is 0 Å². The first kappa shape index (κ1) is 17.3. The van der Waals surface area contributed by atoms with Crippen molar-refractivity contribution in [1.82, 2.24) is 9.80 Å². The van der Waals surface area contributed by atoms with E-state index in [2.05, 4.69) is 4.99 Å². The second-order valence-corrected chi connectivity index (χ2v) is 5.53. The molecule has 2 fully saturated rings. The number of nitrogens with zero attached hydrogens (tertiary/aromatic N) is 3. The Morgan fingerprint density at radius 1 is 1.27 bits per heavy atom. The molecular formula is C13H23F3N4O2. The van der Waals surface area contributed by atoms with Crippen molar-refractivity contribution in [3.8, 4) is 0 Å². The van der Waals surface area contributed by atoms with Crippen molar-refractivity contribution in [2.45, 2.75) is 25.2 Å². The van der Waals surface area contributed by atoms with Gasteiger partial charge in [0.15, 0.2) is 5.96 Å². The monoisotopic (exact) mass is 324 g/mol. The summed E-state index contributed by atoms with van der Waals surface area (Å²) in [6.45, 7) is 4.25. The van der Waals surface area contributed by atoms with Crippen LogP contribution in [-0.4, -0.2) is 86.6 Å². The highest BCUT2D eigenvalue weighted by molar-refractivity contribution is 5.78. The summed E-state index contributed by atoms with van der Waals surface area (Å²) >= 11 is 0. The average Bonchev–Trinajstić information content (AvgIpc) is 2.47. The van der Waals surface area contributed by atoms with Crippen molar-refractivity contribution in [3.05, 3.63) is 0 Å². The van der Waals surface area contributed by atoms with Crippen molar-refractivity contribution in [1.29, 1.82) is 0 Å². The fraction of sp³-hybridized carbons (Fsp3) is 0.923. The number of nitrogens with two attached hydrogens (primary N) is 1. The molecule has 2 aliphatic rings. The molecule has 0 spiro atoms. The second-order valence-electron chi connectivity index (χ2n) is 5.53. The molecule has 6 nitrogen and oxygen atoms in total. The number of morpholine rings is 2. The topological polar surface area (TPSA) is 63.3 Å². The highest BCUT2D eigenvalue weighted by atomic mass is 19.4. The van der Waals surface area contributed by atoms with Gasteiger partial charge in [-0.05, 0) is 6.92 Å². The van der Waals surface area contributed by atoms with E-state index in [1.165, 1.54) is 4.90 Å². The van der Waals surface area contributed by atoms with Gasteiger partial charge in [0.05, 0.1) is 32.5 Å². The van der Waals surface area contributed by atoms with Crippen LogP contribution in [0.1, 0.15) is 6.92 Å². The van der Waals surface area contributed by atoms with Crippen molar-refractivity contribution in [3.63, 3.8) is 0 Å². The first-order chi connectivity index (χ1) is 10.4. The van der Waals surface area contributed by atoms with E-state index in [-0.39, 0.29) is 31.7 Å². The lowest BCUT2D eigenvalue weighted by atomic mass is 10.2. The molecule has 2 heterocycles. The van der Waals surface area contributed by atoms with E-state index < -0.39 is 12.2 Å². The first-order valence-electron chi connectivity index (χ1n) is 7.43. The molecule has 2 unspecified atom stereocenters. The summed E-state index contributed by atoms with van der Waals surface area (Å²) in [5.41, 5.74) is 5.84. The number of hydrogen-bond acceptors (Lipinski definition) is 4. The van der Waals surface area contributed by atoms with Crippen molar-refractivity contribution < 1.29 is 22.6 Å². The Morgan fingerprint density at radius 2 is 1.95 bits per heavy atom. The summed E-state index contributed by atoms with van der Waals surface area (Å²) in [6, 6.07) is -1.62. The predicted octanol–water partition coefficient (Wildman–Crippen LogP) is 0.285. The summed E-state index contributed by atoms with van der Waals surface area (Å²) in [5.74, 6) is 0.151. The lowest BCUT2D eigenvalue weighted by Crippen LogP contribution is -2.53. The van der Waals surface area contributed by atoms with E-state index in [0.717, 1.165) is 0 Å². The fourth-order valence-corrected chi connectivity index (χ4v) is 2.62. The minimum absolute atomic E-state index is 0.000145. The van der Waals surface area contributed by atoms with Gasteiger partial charge < -0.3 is 20.1 Å². The highest BCUT2D eigenvalue weighted by Crippen LogP contribution is 2.26. The van der Waals surface area contributed by atoms with Crippen LogP contribution in [0.2, 0.25) is 0 Å². The molecule has 0 aliphatic carbocycles. The maximum atomic E-state index is 13.2. The van der Waals surface area contributed by atoms with Gasteiger partial charge in [-0.15, -0.1) is 0 Å². The van der Waals surface area contributed by atoms with Crippen LogP contribution in [0.25, 0.3) is 0 Å². The second kappa shape index (κ2) is 7.47. The molecule has 0 aromatic heterocycles. The third-order valence-corrected chi connectivity index (χ3v) is 3.86. The van der Waals surface area contributed by atoms with Gasteiger partial charge in [0, 0.05) is 26.2 Å². The molecule has 0 saturated carbocycles. The van der Waals surface area contributed by atoms with Crippen molar-refractivity contribution in [2.24, 2.45) is 10.7 Å². The minimum atomic E-state index is -4.33. The minimum Gasteiger partial charge on any atom is -0.379 e. The zero-order valence-electron chi connectivity index (χ0n) is 12.7. The summed E-state index contributed by atoms with van der Waals surface area (Å²) in [4.78, 5) is 7.11. The number of alkyl halides is 3. The first-order valence-corrected chi connectivity index (χ1v) is 7.43. The molecule has 0 aromatic carbocycles. The molecule has 0 amide bonds. The van der Waals surface area contributed by atoms with Crippen LogP contribution in [0.4, 0.5) is 13.2 Å². The van der Waals surface area contributed by atoms with Crippen molar-refractivity contribution >= 4 is 5.96 Å². The Hall–Kier alpha value is -1.06. The smallest absolute Gasteiger partial charge is 0.379 e. The van der Waals surface area contributed by atoms with Crippen LogP contribution < -0.4 is 5.73 Å². The van der Waals surface area contributed by atoms with Gasteiger partial charge in [-0.2, -0.15) is 13.2 Å². The molecule has 2 rings (SSSR count). The maximum absolute atomic E-state index is 13.2. The van der Waals surface area contributed by atoms with E-state index in [9.17, 15) is 13.2 Å². The van der Waals surface area contributed by atoms with Crippen molar-refractivity contribution in [2.75, 3.05) is 52.5 Å². The molecular weight excluding hydrogens is 301 g/mol. The molecule has 22 heavy (non-hydrogen) atoms. The van der Waals surface area contributed by atoms with E-state index in [0.29, 0.717) is 32.9 Å². The lowest BCUT2D eigenvalue weighted by molar-refractivity contribution is -0.188. The average molecular weight is 324 g/mol. The van der Waals surface area contributed by atoms with E-state index in [1.807, 2.05) is 6.92 Å². The van der Waals surface area contributed by atoms with Crippen LogP contribution in [0.3, 0.4) is 0 Å². The van der Waals surface area contributed by atoms with Crippen LogP contribution in [0.15, 0.2) is 4.99 Å². The predicted molar refractivity (Wildman–Crippen MR) is 75.7 cm³/mol. The molecule has 9 heteroatoms. The molecule has 128 valence electrons. The number of aliphatic imine (C=N–C) groups is 1. The van der Waals surface area contributed by atoms with Gasteiger partial charge in [-0.1, -0.05) is 0 Å². The Balaban J connectivity index is 1.98. The largest absolute Gasteiger partial charge is 0.405 e. The Bertz CT molecular complexity index is 386. The summed E-state index contributed by atoms with van der Waals surface area (Å²) in [7, 11) is 0. The summed E-state index contributed by atoms with van der Waals surface area (Å²) in [6.07, 6.45) is -4.33. The number of rotatable bonds is 3. The lowest BCUT2D eigenvalue weighted by Gasteiger charge is -2.35.